The summed E-state index contributed by atoms with van der Waals surface area (Å²) in [6.45, 7) is 4.06. The first-order chi connectivity index (χ1) is 8.14. The van der Waals surface area contributed by atoms with Gasteiger partial charge in [0.1, 0.15) is 0 Å². The number of pyridine rings is 1. The van der Waals surface area contributed by atoms with Crippen molar-refractivity contribution < 1.29 is 9.90 Å². The first kappa shape index (κ1) is 13.7. The zero-order valence-corrected chi connectivity index (χ0v) is 10.6. The number of hydrogen-bond acceptors (Lipinski definition) is 2. The van der Waals surface area contributed by atoms with Crippen LogP contribution in [0.3, 0.4) is 0 Å². The molecule has 0 spiro atoms. The number of aliphatic carboxylic acids is 1. The molecule has 3 heteroatoms. The molecule has 0 radical (unpaired) electrons. The predicted molar refractivity (Wildman–Crippen MR) is 67.8 cm³/mol. The van der Waals surface area contributed by atoms with E-state index in [1.165, 1.54) is 0 Å². The van der Waals surface area contributed by atoms with E-state index < -0.39 is 11.4 Å². The van der Waals surface area contributed by atoms with Crippen molar-refractivity contribution in [3.8, 4) is 0 Å². The van der Waals surface area contributed by atoms with Crippen LogP contribution in [0.25, 0.3) is 0 Å². The Morgan fingerprint density at radius 2 is 2.00 bits per heavy atom. The maximum absolute atomic E-state index is 11.5. The molecule has 0 saturated carbocycles. The van der Waals surface area contributed by atoms with Gasteiger partial charge in [-0.2, -0.15) is 0 Å². The maximum Gasteiger partial charge on any atom is 0.309 e. The molecule has 1 N–H and O–H groups in total. The Morgan fingerprint density at radius 3 is 2.47 bits per heavy atom. The first-order valence-corrected chi connectivity index (χ1v) is 6.27. The molecule has 0 fully saturated rings. The molecule has 17 heavy (non-hydrogen) atoms. The highest BCUT2D eigenvalue weighted by Crippen LogP contribution is 2.33. The lowest BCUT2D eigenvalue weighted by molar-refractivity contribution is -0.149. The van der Waals surface area contributed by atoms with Crippen molar-refractivity contribution in [2.45, 2.75) is 46.0 Å². The van der Waals surface area contributed by atoms with Crippen molar-refractivity contribution in [1.82, 2.24) is 4.98 Å². The topological polar surface area (TPSA) is 50.2 Å². The molecule has 94 valence electrons. The Labute approximate surface area is 103 Å². The molecule has 3 nitrogen and oxygen atoms in total. The average molecular weight is 235 g/mol. The van der Waals surface area contributed by atoms with Crippen molar-refractivity contribution in [3.63, 3.8) is 0 Å². The third-order valence-electron chi connectivity index (χ3n) is 3.43. The second kappa shape index (κ2) is 6.38. The molecular formula is C14H21NO2. The van der Waals surface area contributed by atoms with Crippen LogP contribution >= 0.6 is 0 Å². The highest BCUT2D eigenvalue weighted by atomic mass is 16.4. The fourth-order valence-electron chi connectivity index (χ4n) is 2.13. The van der Waals surface area contributed by atoms with Crippen molar-refractivity contribution in [3.05, 3.63) is 30.1 Å². The van der Waals surface area contributed by atoms with Gasteiger partial charge in [0.25, 0.3) is 0 Å². The maximum atomic E-state index is 11.5. The predicted octanol–water partition coefficient (Wildman–Crippen LogP) is 3.30. The molecule has 0 bridgehead atoms. The first-order valence-electron chi connectivity index (χ1n) is 6.27. The Hall–Kier alpha value is -1.38. The quantitative estimate of drug-likeness (QED) is 0.789. The third kappa shape index (κ3) is 3.55. The summed E-state index contributed by atoms with van der Waals surface area (Å²) in [5, 5.41) is 9.50. The third-order valence-corrected chi connectivity index (χ3v) is 3.43. The highest BCUT2D eigenvalue weighted by Gasteiger charge is 2.35. The van der Waals surface area contributed by atoms with Crippen LogP contribution in [0.2, 0.25) is 0 Å². The van der Waals surface area contributed by atoms with Gasteiger partial charge in [-0.15, -0.1) is 0 Å². The van der Waals surface area contributed by atoms with Crippen LogP contribution in [-0.2, 0) is 11.2 Å². The monoisotopic (exact) mass is 235 g/mol. The second-order valence-electron chi connectivity index (χ2n) is 4.57. The molecule has 1 heterocycles. The van der Waals surface area contributed by atoms with E-state index in [4.69, 9.17) is 0 Å². The van der Waals surface area contributed by atoms with E-state index in [0.29, 0.717) is 12.8 Å². The van der Waals surface area contributed by atoms with E-state index >= 15 is 0 Å². The lowest BCUT2D eigenvalue weighted by Gasteiger charge is -2.28. The van der Waals surface area contributed by atoms with Crippen LogP contribution in [-0.4, -0.2) is 16.1 Å². The van der Waals surface area contributed by atoms with Crippen LogP contribution in [0.1, 0.15) is 45.1 Å². The van der Waals surface area contributed by atoms with Gasteiger partial charge in [0.05, 0.1) is 5.41 Å². The summed E-state index contributed by atoms with van der Waals surface area (Å²) in [7, 11) is 0. The Balaban J connectivity index is 2.86. The standard InChI is InChI=1S/C14H21NO2/c1-3-5-8-14(4-2,13(16)17)11-12-6-9-15-10-7-12/h6-7,9-10H,3-5,8,11H2,1-2H3,(H,16,17). The lowest BCUT2D eigenvalue weighted by Crippen LogP contribution is -2.32. The van der Waals surface area contributed by atoms with E-state index in [2.05, 4.69) is 11.9 Å². The molecule has 0 saturated heterocycles. The summed E-state index contributed by atoms with van der Waals surface area (Å²) in [6.07, 6.45) is 7.45. The summed E-state index contributed by atoms with van der Waals surface area (Å²) in [6, 6.07) is 3.80. The van der Waals surface area contributed by atoms with Gasteiger partial charge in [-0.05, 0) is 37.0 Å². The number of carboxylic acid groups (broad SMARTS) is 1. The van der Waals surface area contributed by atoms with E-state index in [1.54, 1.807) is 12.4 Å². The Kier molecular flexibility index (Phi) is 5.13. The molecule has 1 unspecified atom stereocenters. The van der Waals surface area contributed by atoms with Crippen molar-refractivity contribution in [2.24, 2.45) is 5.41 Å². The van der Waals surface area contributed by atoms with E-state index in [-0.39, 0.29) is 0 Å². The van der Waals surface area contributed by atoms with Crippen LogP contribution in [0, 0.1) is 5.41 Å². The Morgan fingerprint density at radius 1 is 1.35 bits per heavy atom. The van der Waals surface area contributed by atoms with Gasteiger partial charge in [0.2, 0.25) is 0 Å². The van der Waals surface area contributed by atoms with E-state index in [0.717, 1.165) is 24.8 Å². The number of carboxylic acids is 1. The summed E-state index contributed by atoms with van der Waals surface area (Å²) in [4.78, 5) is 15.5. The number of aromatic nitrogens is 1. The summed E-state index contributed by atoms with van der Waals surface area (Å²) in [5.41, 5.74) is 0.442. The molecule has 0 aromatic carbocycles. The van der Waals surface area contributed by atoms with Crippen molar-refractivity contribution in [1.29, 1.82) is 0 Å². The number of hydrogen-bond donors (Lipinski definition) is 1. The van der Waals surface area contributed by atoms with Gasteiger partial charge in [-0.3, -0.25) is 9.78 Å². The molecular weight excluding hydrogens is 214 g/mol. The lowest BCUT2D eigenvalue weighted by atomic mass is 9.75. The van der Waals surface area contributed by atoms with Gasteiger partial charge < -0.3 is 5.11 Å². The fraction of sp³-hybridized carbons (Fsp3) is 0.571. The minimum Gasteiger partial charge on any atom is -0.481 e. The highest BCUT2D eigenvalue weighted by molar-refractivity contribution is 5.75. The number of nitrogens with zero attached hydrogens (tertiary/aromatic N) is 1. The number of unbranched alkanes of at least 4 members (excludes halogenated alkanes) is 1. The van der Waals surface area contributed by atoms with Gasteiger partial charge in [0.15, 0.2) is 0 Å². The van der Waals surface area contributed by atoms with Gasteiger partial charge >= 0.3 is 5.97 Å². The minimum atomic E-state index is -0.676. The number of rotatable bonds is 7. The van der Waals surface area contributed by atoms with Crippen LogP contribution < -0.4 is 0 Å². The largest absolute Gasteiger partial charge is 0.481 e. The SMILES string of the molecule is CCCCC(CC)(Cc1ccncc1)C(=O)O. The molecule has 1 atom stereocenters. The molecule has 0 aliphatic carbocycles. The van der Waals surface area contributed by atoms with Crippen molar-refractivity contribution >= 4 is 5.97 Å². The smallest absolute Gasteiger partial charge is 0.309 e. The van der Waals surface area contributed by atoms with E-state index in [9.17, 15) is 9.90 Å². The van der Waals surface area contributed by atoms with Gasteiger partial charge in [-0.1, -0.05) is 26.7 Å². The second-order valence-corrected chi connectivity index (χ2v) is 4.57. The van der Waals surface area contributed by atoms with Crippen LogP contribution in [0.4, 0.5) is 0 Å². The zero-order chi connectivity index (χ0) is 12.7. The van der Waals surface area contributed by atoms with E-state index in [1.807, 2.05) is 19.1 Å². The summed E-state index contributed by atoms with van der Waals surface area (Å²) >= 11 is 0. The zero-order valence-electron chi connectivity index (χ0n) is 10.6. The summed E-state index contributed by atoms with van der Waals surface area (Å²) in [5.74, 6) is -0.676. The fourth-order valence-corrected chi connectivity index (χ4v) is 2.13. The molecule has 1 rings (SSSR count). The van der Waals surface area contributed by atoms with Gasteiger partial charge in [0, 0.05) is 12.4 Å². The van der Waals surface area contributed by atoms with Crippen molar-refractivity contribution in [2.75, 3.05) is 0 Å². The Bertz CT molecular complexity index is 350. The van der Waals surface area contributed by atoms with Crippen LogP contribution in [0.5, 0.6) is 0 Å². The average Bonchev–Trinajstić information content (AvgIpc) is 2.35. The normalized spacial score (nSPS) is 14.2. The summed E-state index contributed by atoms with van der Waals surface area (Å²) < 4.78 is 0. The van der Waals surface area contributed by atoms with Crippen LogP contribution in [0.15, 0.2) is 24.5 Å². The molecule has 0 aliphatic heterocycles. The van der Waals surface area contributed by atoms with Gasteiger partial charge in [-0.25, -0.2) is 0 Å². The number of carbonyl (C=O) groups is 1. The molecule has 1 aromatic heterocycles. The molecule has 0 amide bonds. The molecule has 1 aromatic rings. The minimum absolute atomic E-state index is 0.599. The molecule has 0 aliphatic rings.